The largest absolute Gasteiger partial charge is 0.303 e. The van der Waals surface area contributed by atoms with Gasteiger partial charge in [0.25, 0.3) is 5.69 Å². The molecule has 0 bridgehead atoms. The van der Waals surface area contributed by atoms with Crippen molar-refractivity contribution in [2.75, 3.05) is 5.75 Å². The van der Waals surface area contributed by atoms with Gasteiger partial charge in [-0.25, -0.2) is 8.42 Å². The third-order valence-electron chi connectivity index (χ3n) is 5.89. The van der Waals surface area contributed by atoms with E-state index in [2.05, 4.69) is 0 Å². The second-order valence-corrected chi connectivity index (χ2v) is 10.6. The van der Waals surface area contributed by atoms with Crippen LogP contribution < -0.4 is 0 Å². The molecule has 2 aromatic carbocycles. The minimum absolute atomic E-state index is 0.0721. The van der Waals surface area contributed by atoms with Crippen LogP contribution in [0.5, 0.6) is 0 Å². The number of unbranched alkanes of at least 4 members (excludes halogenated alkanes) is 2. The maximum absolute atomic E-state index is 13.6. The van der Waals surface area contributed by atoms with Gasteiger partial charge in [0.1, 0.15) is 6.29 Å². The average molecular weight is 460 g/mol. The molecule has 0 amide bonds. The summed E-state index contributed by atoms with van der Waals surface area (Å²) in [6.45, 7) is 5.98. The molecule has 0 spiro atoms. The molecule has 6 nitrogen and oxygen atoms in total. The number of aryl methyl sites for hydroxylation is 1. The highest BCUT2D eigenvalue weighted by Gasteiger charge is 2.36. The van der Waals surface area contributed by atoms with Crippen LogP contribution in [0, 0.1) is 22.5 Å². The molecule has 0 saturated heterocycles. The quantitative estimate of drug-likeness (QED) is 0.213. The number of nitro groups is 1. The minimum atomic E-state index is -3.85. The van der Waals surface area contributed by atoms with Crippen molar-refractivity contribution in [3.05, 3.63) is 69.3 Å². The first kappa shape index (κ1) is 25.7. The fraction of sp³-hybridized carbons (Fsp3) is 0.480. The van der Waals surface area contributed by atoms with Crippen LogP contribution in [0.4, 0.5) is 5.69 Å². The zero-order chi connectivity index (χ0) is 23.8. The molecule has 0 unspecified atom stereocenters. The van der Waals surface area contributed by atoms with Gasteiger partial charge in [-0.2, -0.15) is 0 Å². The molecule has 0 fully saturated rings. The molecule has 0 atom stereocenters. The zero-order valence-corrected chi connectivity index (χ0v) is 20.0. The Hall–Kier alpha value is -2.54. The van der Waals surface area contributed by atoms with Gasteiger partial charge in [0.15, 0.2) is 9.84 Å². The third-order valence-corrected chi connectivity index (χ3v) is 7.91. The molecule has 0 N–H and O–H groups in total. The number of carbonyl (C=O) groups excluding carboxylic acids is 1. The SMILES string of the molecule is CCCCC(C=O)(CCCC)CS(=O)(=O)c1ccc([N+](=O)[O-])cc1Cc1ccc(C)cc1. The Kier molecular flexibility index (Phi) is 9.13. The van der Waals surface area contributed by atoms with Gasteiger partial charge in [-0.05, 0) is 43.4 Å². The Morgan fingerprint density at radius 3 is 2.09 bits per heavy atom. The van der Waals surface area contributed by atoms with Gasteiger partial charge >= 0.3 is 0 Å². The van der Waals surface area contributed by atoms with Gasteiger partial charge in [-0.15, -0.1) is 0 Å². The number of nitro benzene ring substituents is 1. The van der Waals surface area contributed by atoms with Crippen molar-refractivity contribution < 1.29 is 18.1 Å². The first-order valence-corrected chi connectivity index (χ1v) is 12.8. The van der Waals surface area contributed by atoms with Crippen LogP contribution in [-0.4, -0.2) is 25.4 Å². The fourth-order valence-corrected chi connectivity index (χ4v) is 6.06. The highest BCUT2D eigenvalue weighted by atomic mass is 32.2. The van der Waals surface area contributed by atoms with E-state index in [0.29, 0.717) is 18.4 Å². The summed E-state index contributed by atoms with van der Waals surface area (Å²) in [6, 6.07) is 11.5. The molecule has 0 radical (unpaired) electrons. The average Bonchev–Trinajstić information content (AvgIpc) is 2.77. The number of benzene rings is 2. The number of non-ortho nitro benzene ring substituents is 1. The number of carbonyl (C=O) groups is 1. The molecule has 7 heteroatoms. The van der Waals surface area contributed by atoms with Crippen LogP contribution in [0.3, 0.4) is 0 Å². The topological polar surface area (TPSA) is 94.3 Å². The summed E-state index contributed by atoms with van der Waals surface area (Å²) in [4.78, 5) is 23.0. The van der Waals surface area contributed by atoms with Gasteiger partial charge in [0.2, 0.25) is 0 Å². The lowest BCUT2D eigenvalue weighted by Crippen LogP contribution is -2.32. The van der Waals surface area contributed by atoms with E-state index in [1.165, 1.54) is 18.2 Å². The number of hydrogen-bond acceptors (Lipinski definition) is 5. The molecule has 0 aromatic heterocycles. The van der Waals surface area contributed by atoms with Crippen molar-refractivity contribution in [3.63, 3.8) is 0 Å². The first-order chi connectivity index (χ1) is 15.2. The summed E-state index contributed by atoms with van der Waals surface area (Å²) in [5, 5.41) is 11.3. The summed E-state index contributed by atoms with van der Waals surface area (Å²) in [7, 11) is -3.85. The van der Waals surface area contributed by atoms with Gasteiger partial charge < -0.3 is 4.79 Å². The number of rotatable bonds is 13. The van der Waals surface area contributed by atoms with Crippen molar-refractivity contribution in [1.82, 2.24) is 0 Å². The molecular formula is C25H33NO5S. The highest BCUT2D eigenvalue weighted by molar-refractivity contribution is 7.91. The summed E-state index contributed by atoms with van der Waals surface area (Å²) < 4.78 is 27.1. The lowest BCUT2D eigenvalue weighted by Gasteiger charge is -2.28. The Morgan fingerprint density at radius 2 is 1.59 bits per heavy atom. The molecular weight excluding hydrogens is 426 g/mol. The number of nitrogens with zero attached hydrogens (tertiary/aromatic N) is 1. The predicted molar refractivity (Wildman–Crippen MR) is 127 cm³/mol. The van der Waals surface area contributed by atoms with E-state index in [0.717, 1.165) is 43.1 Å². The predicted octanol–water partition coefficient (Wildman–Crippen LogP) is 5.83. The second-order valence-electron chi connectivity index (χ2n) is 8.66. The lowest BCUT2D eigenvalue weighted by molar-refractivity contribution is -0.385. The van der Waals surface area contributed by atoms with E-state index in [1.807, 2.05) is 45.0 Å². The molecule has 0 heterocycles. The van der Waals surface area contributed by atoms with Crippen LogP contribution in [0.25, 0.3) is 0 Å². The van der Waals surface area contributed by atoms with E-state index in [-0.39, 0.29) is 22.8 Å². The fourth-order valence-electron chi connectivity index (χ4n) is 3.98. The monoisotopic (exact) mass is 459 g/mol. The maximum atomic E-state index is 13.6. The lowest BCUT2D eigenvalue weighted by atomic mass is 9.81. The van der Waals surface area contributed by atoms with Crippen molar-refractivity contribution in [2.45, 2.75) is 70.6 Å². The van der Waals surface area contributed by atoms with E-state index in [9.17, 15) is 23.3 Å². The third kappa shape index (κ3) is 6.73. The molecule has 32 heavy (non-hydrogen) atoms. The first-order valence-electron chi connectivity index (χ1n) is 11.2. The highest BCUT2D eigenvalue weighted by Crippen LogP contribution is 2.35. The molecule has 0 aliphatic carbocycles. The van der Waals surface area contributed by atoms with Crippen LogP contribution in [0.2, 0.25) is 0 Å². The van der Waals surface area contributed by atoms with E-state index >= 15 is 0 Å². The van der Waals surface area contributed by atoms with Crippen LogP contribution in [-0.2, 0) is 21.1 Å². The number of aldehydes is 1. The van der Waals surface area contributed by atoms with E-state index < -0.39 is 20.2 Å². The zero-order valence-electron chi connectivity index (χ0n) is 19.2. The van der Waals surface area contributed by atoms with Crippen LogP contribution in [0.15, 0.2) is 47.4 Å². The Bertz CT molecular complexity index is 1020. The van der Waals surface area contributed by atoms with Crippen molar-refractivity contribution in [1.29, 1.82) is 0 Å². The Labute approximate surface area is 191 Å². The summed E-state index contributed by atoms with van der Waals surface area (Å²) in [5.74, 6) is -0.276. The van der Waals surface area contributed by atoms with E-state index in [1.54, 1.807) is 0 Å². The van der Waals surface area contributed by atoms with Crippen molar-refractivity contribution in [2.24, 2.45) is 5.41 Å². The molecule has 2 rings (SSSR count). The maximum Gasteiger partial charge on any atom is 0.269 e. The Balaban J connectivity index is 2.50. The van der Waals surface area contributed by atoms with Crippen LogP contribution >= 0.6 is 0 Å². The normalized spacial score (nSPS) is 12.0. The van der Waals surface area contributed by atoms with Gasteiger partial charge in [0, 0.05) is 17.5 Å². The number of sulfone groups is 1. The summed E-state index contributed by atoms with van der Waals surface area (Å²) >= 11 is 0. The van der Waals surface area contributed by atoms with Crippen molar-refractivity contribution >= 4 is 21.8 Å². The van der Waals surface area contributed by atoms with Crippen molar-refractivity contribution in [3.8, 4) is 0 Å². The molecule has 0 aliphatic rings. The van der Waals surface area contributed by atoms with Gasteiger partial charge in [-0.3, -0.25) is 10.1 Å². The van der Waals surface area contributed by atoms with E-state index in [4.69, 9.17) is 0 Å². The summed E-state index contributed by atoms with van der Waals surface area (Å²) in [6.07, 6.45) is 5.41. The van der Waals surface area contributed by atoms with Crippen LogP contribution in [0.1, 0.15) is 69.1 Å². The Morgan fingerprint density at radius 1 is 1.00 bits per heavy atom. The van der Waals surface area contributed by atoms with Gasteiger partial charge in [-0.1, -0.05) is 69.4 Å². The molecule has 174 valence electrons. The molecule has 2 aromatic rings. The second kappa shape index (κ2) is 11.4. The minimum Gasteiger partial charge on any atom is -0.303 e. The number of hydrogen-bond donors (Lipinski definition) is 0. The smallest absolute Gasteiger partial charge is 0.269 e. The summed E-state index contributed by atoms with van der Waals surface area (Å²) in [5.41, 5.74) is 1.24. The standard InChI is InChI=1S/C25H33NO5S/c1-4-6-14-25(18-27,15-7-5-2)19-32(30,31)24-13-12-23(26(28)29)17-22(24)16-21-10-8-20(3)9-11-21/h8-13,17-18H,4-7,14-16,19H2,1-3H3. The molecule has 0 saturated carbocycles. The van der Waals surface area contributed by atoms with Gasteiger partial charge in [0.05, 0.1) is 15.6 Å². The molecule has 0 aliphatic heterocycles.